The summed E-state index contributed by atoms with van der Waals surface area (Å²) < 4.78 is 10.2. The average molecular weight is 373 g/mol. The fourth-order valence-corrected chi connectivity index (χ4v) is 3.40. The molecule has 7 nitrogen and oxygen atoms in total. The van der Waals surface area contributed by atoms with E-state index in [9.17, 15) is 9.59 Å². The molecule has 0 unspecified atom stereocenters. The number of aromatic amines is 1. The Hall–Kier alpha value is -2.74. The van der Waals surface area contributed by atoms with Crippen molar-refractivity contribution in [2.24, 2.45) is 0 Å². The molecule has 2 N–H and O–H groups in total. The van der Waals surface area contributed by atoms with Crippen molar-refractivity contribution in [1.29, 1.82) is 0 Å². The minimum absolute atomic E-state index is 0.181. The monoisotopic (exact) mass is 373 g/mol. The molecule has 0 atom stereocenters. The van der Waals surface area contributed by atoms with Gasteiger partial charge in [-0.15, -0.1) is 0 Å². The molecule has 26 heavy (non-hydrogen) atoms. The third-order valence-corrected chi connectivity index (χ3v) is 5.03. The number of anilines is 1. The zero-order valence-electron chi connectivity index (χ0n) is 14.9. The Labute approximate surface area is 155 Å². The minimum atomic E-state index is -1.25. The molecule has 0 aliphatic carbocycles. The molecule has 2 heterocycles. The molecule has 8 heteroatoms. The van der Waals surface area contributed by atoms with Crippen LogP contribution >= 0.6 is 11.8 Å². The Kier molecular flexibility index (Phi) is 4.78. The number of benzene rings is 1. The predicted molar refractivity (Wildman–Crippen MR) is 96.6 cm³/mol. The number of ether oxygens (including phenoxy) is 2. The standard InChI is InChI=1S/C18H19N3O4S/c1-10-15(11(2)21-20-10)26-14-8-6-5-7-13(14)19-9-12-16(22)24-18(3,4)25-17(12)23/h5-9,19H,1-4H3,(H,20,21). The number of esters is 2. The first kappa shape index (κ1) is 18.1. The summed E-state index contributed by atoms with van der Waals surface area (Å²) in [5, 5.41) is 10.2. The van der Waals surface area contributed by atoms with Gasteiger partial charge in [0.2, 0.25) is 0 Å². The van der Waals surface area contributed by atoms with Gasteiger partial charge in [-0.25, -0.2) is 9.59 Å². The molecule has 0 radical (unpaired) electrons. The van der Waals surface area contributed by atoms with E-state index in [4.69, 9.17) is 9.47 Å². The fourth-order valence-electron chi connectivity index (χ4n) is 2.40. The van der Waals surface area contributed by atoms with Crippen LogP contribution in [0.1, 0.15) is 25.2 Å². The van der Waals surface area contributed by atoms with Crippen molar-refractivity contribution in [1.82, 2.24) is 10.2 Å². The van der Waals surface area contributed by atoms with E-state index in [1.54, 1.807) is 11.8 Å². The summed E-state index contributed by atoms with van der Waals surface area (Å²) >= 11 is 1.54. The highest BCUT2D eigenvalue weighted by atomic mass is 32.2. The summed E-state index contributed by atoms with van der Waals surface area (Å²) in [4.78, 5) is 26.0. The van der Waals surface area contributed by atoms with Crippen LogP contribution in [0, 0.1) is 13.8 Å². The zero-order valence-corrected chi connectivity index (χ0v) is 15.7. The van der Waals surface area contributed by atoms with Crippen LogP contribution < -0.4 is 5.32 Å². The number of hydrogen-bond acceptors (Lipinski definition) is 7. The fraction of sp³-hybridized carbons (Fsp3) is 0.278. The van der Waals surface area contributed by atoms with Crippen LogP contribution in [0.4, 0.5) is 5.69 Å². The van der Waals surface area contributed by atoms with Gasteiger partial charge < -0.3 is 14.8 Å². The van der Waals surface area contributed by atoms with Gasteiger partial charge in [0, 0.05) is 30.6 Å². The molecular formula is C18H19N3O4S. The first-order valence-electron chi connectivity index (χ1n) is 7.98. The Morgan fingerprint density at radius 3 is 2.42 bits per heavy atom. The summed E-state index contributed by atoms with van der Waals surface area (Å²) in [6.45, 7) is 6.90. The van der Waals surface area contributed by atoms with E-state index in [0.717, 1.165) is 26.9 Å². The SMILES string of the molecule is Cc1n[nH]c(C)c1Sc1ccccc1NC=C1C(=O)OC(C)(C)OC1=O. The van der Waals surface area contributed by atoms with E-state index in [1.807, 2.05) is 38.1 Å². The van der Waals surface area contributed by atoms with Gasteiger partial charge in [0.15, 0.2) is 5.57 Å². The largest absolute Gasteiger partial charge is 0.419 e. The lowest BCUT2D eigenvalue weighted by molar-refractivity contribution is -0.222. The number of carbonyl (C=O) groups is 2. The van der Waals surface area contributed by atoms with Crippen molar-refractivity contribution in [2.75, 3.05) is 5.32 Å². The highest BCUT2D eigenvalue weighted by Crippen LogP contribution is 2.36. The van der Waals surface area contributed by atoms with Crippen LogP contribution in [0.15, 0.2) is 45.8 Å². The van der Waals surface area contributed by atoms with Gasteiger partial charge in [-0.1, -0.05) is 23.9 Å². The van der Waals surface area contributed by atoms with E-state index in [2.05, 4.69) is 15.5 Å². The van der Waals surface area contributed by atoms with Crippen molar-refractivity contribution < 1.29 is 19.1 Å². The number of aryl methyl sites for hydroxylation is 2. The molecule has 0 spiro atoms. The van der Waals surface area contributed by atoms with Gasteiger partial charge in [0.1, 0.15) is 0 Å². The molecule has 1 saturated heterocycles. The molecule has 1 aromatic heterocycles. The van der Waals surface area contributed by atoms with E-state index < -0.39 is 17.7 Å². The van der Waals surface area contributed by atoms with Gasteiger partial charge in [-0.2, -0.15) is 5.10 Å². The zero-order chi connectivity index (χ0) is 18.9. The Morgan fingerprint density at radius 2 is 1.81 bits per heavy atom. The van der Waals surface area contributed by atoms with E-state index in [0.29, 0.717) is 0 Å². The normalized spacial score (nSPS) is 16.1. The van der Waals surface area contributed by atoms with Crippen molar-refractivity contribution in [3.63, 3.8) is 0 Å². The molecule has 0 bridgehead atoms. The van der Waals surface area contributed by atoms with Crippen LogP contribution in [-0.4, -0.2) is 27.9 Å². The highest BCUT2D eigenvalue weighted by molar-refractivity contribution is 7.99. The maximum atomic E-state index is 12.0. The number of nitrogens with one attached hydrogen (secondary N) is 2. The van der Waals surface area contributed by atoms with Gasteiger partial charge in [-0.3, -0.25) is 5.10 Å². The lowest BCUT2D eigenvalue weighted by Gasteiger charge is -2.29. The third kappa shape index (κ3) is 3.75. The van der Waals surface area contributed by atoms with Gasteiger partial charge in [0.05, 0.1) is 16.3 Å². The quantitative estimate of drug-likeness (QED) is 0.482. The number of hydrogen-bond donors (Lipinski definition) is 2. The summed E-state index contributed by atoms with van der Waals surface area (Å²) in [7, 11) is 0. The summed E-state index contributed by atoms with van der Waals surface area (Å²) in [5.74, 6) is -2.69. The summed E-state index contributed by atoms with van der Waals surface area (Å²) in [6.07, 6.45) is 1.31. The third-order valence-electron chi connectivity index (χ3n) is 3.65. The number of H-pyrrole nitrogens is 1. The highest BCUT2D eigenvalue weighted by Gasteiger charge is 2.38. The van der Waals surface area contributed by atoms with Gasteiger partial charge in [-0.05, 0) is 26.0 Å². The lowest BCUT2D eigenvalue weighted by atomic mass is 10.2. The summed E-state index contributed by atoms with van der Waals surface area (Å²) in [6, 6.07) is 7.57. The number of rotatable bonds is 4. The molecule has 0 saturated carbocycles. The van der Waals surface area contributed by atoms with Gasteiger partial charge in [0.25, 0.3) is 5.79 Å². The first-order valence-corrected chi connectivity index (χ1v) is 8.80. The topological polar surface area (TPSA) is 93.3 Å². The predicted octanol–water partition coefficient (Wildman–Crippen LogP) is 3.31. The minimum Gasteiger partial charge on any atom is -0.419 e. The Morgan fingerprint density at radius 1 is 1.15 bits per heavy atom. The van der Waals surface area contributed by atoms with E-state index >= 15 is 0 Å². The van der Waals surface area contributed by atoms with Crippen molar-refractivity contribution in [2.45, 2.75) is 43.3 Å². The van der Waals surface area contributed by atoms with Gasteiger partial charge >= 0.3 is 11.9 Å². The number of aromatic nitrogens is 2. The molecule has 1 aliphatic rings. The second-order valence-electron chi connectivity index (χ2n) is 6.24. The van der Waals surface area contributed by atoms with Crippen LogP contribution in [0.5, 0.6) is 0 Å². The number of cyclic esters (lactones) is 2. The molecule has 136 valence electrons. The van der Waals surface area contributed by atoms with Crippen LogP contribution in [0.3, 0.4) is 0 Å². The molecular weight excluding hydrogens is 354 g/mol. The Balaban J connectivity index is 1.83. The number of nitrogens with zero attached hydrogens (tertiary/aromatic N) is 1. The second kappa shape index (κ2) is 6.87. The molecule has 3 rings (SSSR count). The van der Waals surface area contributed by atoms with Crippen LogP contribution in [0.25, 0.3) is 0 Å². The smallest absolute Gasteiger partial charge is 0.350 e. The van der Waals surface area contributed by atoms with Crippen LogP contribution in [-0.2, 0) is 19.1 Å². The molecule has 1 aliphatic heterocycles. The second-order valence-corrected chi connectivity index (χ2v) is 7.29. The Bertz CT molecular complexity index is 860. The molecule has 2 aromatic rings. The van der Waals surface area contributed by atoms with Crippen molar-refractivity contribution in [3.05, 3.63) is 47.4 Å². The van der Waals surface area contributed by atoms with Crippen LogP contribution in [0.2, 0.25) is 0 Å². The van der Waals surface area contributed by atoms with Crippen molar-refractivity contribution >= 4 is 29.4 Å². The average Bonchev–Trinajstić information content (AvgIpc) is 2.86. The number of para-hydroxylation sites is 1. The molecule has 1 fully saturated rings. The van der Waals surface area contributed by atoms with Crippen molar-refractivity contribution in [3.8, 4) is 0 Å². The first-order chi connectivity index (χ1) is 12.3. The number of carbonyl (C=O) groups excluding carboxylic acids is 2. The maximum absolute atomic E-state index is 12.0. The molecule has 0 amide bonds. The molecule has 1 aromatic carbocycles. The van der Waals surface area contributed by atoms with E-state index in [-0.39, 0.29) is 5.57 Å². The lowest BCUT2D eigenvalue weighted by Crippen LogP contribution is -2.42. The summed E-state index contributed by atoms with van der Waals surface area (Å²) in [5.41, 5.74) is 2.44. The maximum Gasteiger partial charge on any atom is 0.350 e. The van der Waals surface area contributed by atoms with E-state index in [1.165, 1.54) is 20.0 Å².